The molecular formula is C14H10BrF2NO. The second-order valence-corrected chi connectivity index (χ2v) is 4.90. The van der Waals surface area contributed by atoms with E-state index in [1.54, 1.807) is 18.2 Å². The highest BCUT2D eigenvalue weighted by molar-refractivity contribution is 9.10. The van der Waals surface area contributed by atoms with E-state index in [4.69, 9.17) is 0 Å². The van der Waals surface area contributed by atoms with Gasteiger partial charge in [0, 0.05) is 16.1 Å². The third-order valence-corrected chi connectivity index (χ3v) is 3.47. The number of halogens is 3. The lowest BCUT2D eigenvalue weighted by molar-refractivity contribution is 0.102. The van der Waals surface area contributed by atoms with Crippen molar-refractivity contribution in [2.24, 2.45) is 0 Å². The molecule has 0 unspecified atom stereocenters. The van der Waals surface area contributed by atoms with Gasteiger partial charge in [0.1, 0.15) is 11.6 Å². The second-order valence-electron chi connectivity index (χ2n) is 4.04. The summed E-state index contributed by atoms with van der Waals surface area (Å²) in [7, 11) is 0. The van der Waals surface area contributed by atoms with E-state index in [9.17, 15) is 13.6 Å². The van der Waals surface area contributed by atoms with Gasteiger partial charge in [-0.05, 0) is 36.8 Å². The zero-order valence-electron chi connectivity index (χ0n) is 10.0. The van der Waals surface area contributed by atoms with Crippen molar-refractivity contribution in [1.29, 1.82) is 0 Å². The first-order valence-corrected chi connectivity index (χ1v) is 6.29. The van der Waals surface area contributed by atoms with Gasteiger partial charge in [0.05, 0.1) is 5.69 Å². The van der Waals surface area contributed by atoms with Crippen molar-refractivity contribution in [2.75, 3.05) is 5.32 Å². The minimum absolute atomic E-state index is 0.0527. The van der Waals surface area contributed by atoms with Crippen LogP contribution >= 0.6 is 15.9 Å². The fourth-order valence-electron chi connectivity index (χ4n) is 1.52. The van der Waals surface area contributed by atoms with Crippen LogP contribution in [0.15, 0.2) is 40.9 Å². The van der Waals surface area contributed by atoms with Crippen molar-refractivity contribution in [2.45, 2.75) is 6.92 Å². The molecule has 0 aliphatic rings. The molecule has 0 saturated carbocycles. The summed E-state index contributed by atoms with van der Waals surface area (Å²) in [4.78, 5) is 11.9. The third kappa shape index (κ3) is 3.17. The van der Waals surface area contributed by atoms with Crippen LogP contribution in [0, 0.1) is 18.6 Å². The molecule has 2 aromatic rings. The van der Waals surface area contributed by atoms with E-state index in [2.05, 4.69) is 21.2 Å². The number of rotatable bonds is 2. The molecule has 19 heavy (non-hydrogen) atoms. The minimum atomic E-state index is -0.806. The predicted octanol–water partition coefficient (Wildman–Crippen LogP) is 4.29. The molecule has 5 heteroatoms. The quantitative estimate of drug-likeness (QED) is 0.876. The van der Waals surface area contributed by atoms with Crippen molar-refractivity contribution in [3.05, 3.63) is 63.6 Å². The van der Waals surface area contributed by atoms with Gasteiger partial charge in [-0.25, -0.2) is 8.78 Å². The summed E-state index contributed by atoms with van der Waals surface area (Å²) in [5, 5.41) is 2.40. The molecule has 0 heterocycles. The van der Waals surface area contributed by atoms with E-state index < -0.39 is 17.5 Å². The predicted molar refractivity (Wildman–Crippen MR) is 73.2 cm³/mol. The van der Waals surface area contributed by atoms with Gasteiger partial charge in [0.15, 0.2) is 0 Å². The average molecular weight is 326 g/mol. The van der Waals surface area contributed by atoms with Gasteiger partial charge in [0.25, 0.3) is 5.91 Å². The summed E-state index contributed by atoms with van der Waals surface area (Å²) in [5.41, 5.74) is 1.33. The van der Waals surface area contributed by atoms with E-state index in [0.29, 0.717) is 5.56 Å². The number of nitrogens with one attached hydrogen (secondary N) is 1. The number of hydrogen-bond acceptors (Lipinski definition) is 1. The first-order valence-electron chi connectivity index (χ1n) is 5.50. The van der Waals surface area contributed by atoms with Gasteiger partial charge in [-0.1, -0.05) is 22.0 Å². The molecule has 0 bridgehead atoms. The maximum Gasteiger partial charge on any atom is 0.255 e. The molecule has 1 N–H and O–H groups in total. The molecule has 1 amide bonds. The summed E-state index contributed by atoms with van der Waals surface area (Å²) in [5.74, 6) is -1.95. The van der Waals surface area contributed by atoms with E-state index in [-0.39, 0.29) is 5.69 Å². The molecule has 0 radical (unpaired) electrons. The molecule has 0 fully saturated rings. The van der Waals surface area contributed by atoms with Crippen LogP contribution in [0.2, 0.25) is 0 Å². The van der Waals surface area contributed by atoms with Gasteiger partial charge < -0.3 is 5.32 Å². The fourth-order valence-corrected chi connectivity index (χ4v) is 1.90. The smallest absolute Gasteiger partial charge is 0.255 e. The number of carbonyl (C=O) groups excluding carboxylic acids is 1. The standard InChI is InChI=1S/C14H10BrF2NO/c1-8-2-3-9(6-11(8)15)14(19)18-13-5-4-10(16)7-12(13)17/h2-7H,1H3,(H,18,19). The van der Waals surface area contributed by atoms with Crippen LogP contribution in [0.25, 0.3) is 0 Å². The SMILES string of the molecule is Cc1ccc(C(=O)Nc2ccc(F)cc2F)cc1Br. The summed E-state index contributed by atoms with van der Waals surface area (Å²) in [6.45, 7) is 1.89. The number of hydrogen-bond donors (Lipinski definition) is 1. The molecule has 0 atom stereocenters. The molecule has 0 spiro atoms. The van der Waals surface area contributed by atoms with E-state index in [1.165, 1.54) is 6.07 Å². The lowest BCUT2D eigenvalue weighted by atomic mass is 10.1. The molecule has 0 aliphatic carbocycles. The summed E-state index contributed by atoms with van der Waals surface area (Å²) in [6.07, 6.45) is 0. The lowest BCUT2D eigenvalue weighted by Gasteiger charge is -2.07. The Morgan fingerprint density at radius 2 is 1.89 bits per heavy atom. The summed E-state index contributed by atoms with van der Waals surface area (Å²) in [6, 6.07) is 8.05. The summed E-state index contributed by atoms with van der Waals surface area (Å²) >= 11 is 3.32. The van der Waals surface area contributed by atoms with E-state index in [1.807, 2.05) is 6.92 Å². The Balaban J connectivity index is 2.23. The topological polar surface area (TPSA) is 29.1 Å². The minimum Gasteiger partial charge on any atom is -0.319 e. The Hall–Kier alpha value is -1.75. The number of aryl methyl sites for hydroxylation is 1. The van der Waals surface area contributed by atoms with Crippen LogP contribution in [-0.2, 0) is 0 Å². The van der Waals surface area contributed by atoms with Gasteiger partial charge >= 0.3 is 0 Å². The van der Waals surface area contributed by atoms with Crippen LogP contribution in [0.5, 0.6) is 0 Å². The van der Waals surface area contributed by atoms with Crippen molar-refractivity contribution in [3.63, 3.8) is 0 Å². The first-order chi connectivity index (χ1) is 8.97. The van der Waals surface area contributed by atoms with Gasteiger partial charge in [-0.2, -0.15) is 0 Å². The van der Waals surface area contributed by atoms with E-state index in [0.717, 1.165) is 22.2 Å². The molecule has 98 valence electrons. The maximum absolute atomic E-state index is 13.4. The highest BCUT2D eigenvalue weighted by Gasteiger charge is 2.10. The van der Waals surface area contributed by atoms with Crippen molar-refractivity contribution < 1.29 is 13.6 Å². The van der Waals surface area contributed by atoms with E-state index >= 15 is 0 Å². The highest BCUT2D eigenvalue weighted by atomic mass is 79.9. The first kappa shape index (κ1) is 13.7. The third-order valence-electron chi connectivity index (χ3n) is 2.61. The largest absolute Gasteiger partial charge is 0.319 e. The molecule has 2 aromatic carbocycles. The van der Waals surface area contributed by atoms with Crippen LogP contribution < -0.4 is 5.32 Å². The highest BCUT2D eigenvalue weighted by Crippen LogP contribution is 2.20. The molecular weight excluding hydrogens is 316 g/mol. The number of anilines is 1. The van der Waals surface area contributed by atoms with Gasteiger partial charge in [0.2, 0.25) is 0 Å². The van der Waals surface area contributed by atoms with Crippen LogP contribution in [0.1, 0.15) is 15.9 Å². The Kier molecular flexibility index (Phi) is 3.95. The average Bonchev–Trinajstić information content (AvgIpc) is 2.36. The lowest BCUT2D eigenvalue weighted by Crippen LogP contribution is -2.13. The zero-order valence-corrected chi connectivity index (χ0v) is 11.6. The van der Waals surface area contributed by atoms with Gasteiger partial charge in [-0.3, -0.25) is 4.79 Å². The molecule has 0 saturated heterocycles. The number of amides is 1. The Morgan fingerprint density at radius 1 is 1.16 bits per heavy atom. The number of benzene rings is 2. The molecule has 0 aliphatic heterocycles. The second kappa shape index (κ2) is 5.48. The van der Waals surface area contributed by atoms with Crippen LogP contribution in [-0.4, -0.2) is 5.91 Å². The number of carbonyl (C=O) groups is 1. The van der Waals surface area contributed by atoms with Crippen LogP contribution in [0.4, 0.5) is 14.5 Å². The zero-order chi connectivity index (χ0) is 14.0. The fraction of sp³-hybridized carbons (Fsp3) is 0.0714. The molecule has 2 nitrogen and oxygen atoms in total. The van der Waals surface area contributed by atoms with Gasteiger partial charge in [-0.15, -0.1) is 0 Å². The Bertz CT molecular complexity index is 643. The normalized spacial score (nSPS) is 10.3. The van der Waals surface area contributed by atoms with Crippen LogP contribution in [0.3, 0.4) is 0 Å². The van der Waals surface area contributed by atoms with Crippen molar-refractivity contribution >= 4 is 27.5 Å². The van der Waals surface area contributed by atoms with Crippen molar-refractivity contribution in [1.82, 2.24) is 0 Å². The molecule has 2 rings (SSSR count). The summed E-state index contributed by atoms with van der Waals surface area (Å²) < 4.78 is 26.9. The Morgan fingerprint density at radius 3 is 2.53 bits per heavy atom. The molecule has 0 aromatic heterocycles. The van der Waals surface area contributed by atoms with Crippen molar-refractivity contribution in [3.8, 4) is 0 Å². The Labute approximate surface area is 117 Å². The maximum atomic E-state index is 13.4. The monoisotopic (exact) mass is 325 g/mol.